The van der Waals surface area contributed by atoms with Gasteiger partial charge >= 0.3 is 6.09 Å². The number of carbonyl (C=O) groups excluding carboxylic acids is 1. The van der Waals surface area contributed by atoms with E-state index in [9.17, 15) is 4.79 Å². The molecule has 2 unspecified atom stereocenters. The predicted octanol–water partition coefficient (Wildman–Crippen LogP) is 3.49. The van der Waals surface area contributed by atoms with Crippen molar-refractivity contribution >= 4 is 33.6 Å². The van der Waals surface area contributed by atoms with Gasteiger partial charge in [0.1, 0.15) is 9.76 Å². The molecule has 2 fully saturated rings. The molecule has 0 N–H and O–H groups in total. The molecule has 3 heterocycles. The second kappa shape index (κ2) is 8.66. The molecule has 0 bridgehead atoms. The average molecular weight is 433 g/mol. The van der Waals surface area contributed by atoms with E-state index in [0.717, 1.165) is 24.9 Å². The van der Waals surface area contributed by atoms with Crippen LogP contribution in [0.5, 0.6) is 0 Å². The number of ether oxygens (including phenoxy) is 2. The topological polar surface area (TPSA) is 54.9 Å². The highest BCUT2D eigenvalue weighted by molar-refractivity contribution is 9.10. The molecular formula is C17H23BrClN3O3. The van der Waals surface area contributed by atoms with E-state index in [2.05, 4.69) is 32.7 Å². The lowest BCUT2D eigenvalue weighted by atomic mass is 9.99. The molecule has 0 aromatic carbocycles. The summed E-state index contributed by atoms with van der Waals surface area (Å²) in [6.07, 6.45) is 1.64. The Morgan fingerprint density at radius 2 is 2.32 bits per heavy atom. The highest BCUT2D eigenvalue weighted by Gasteiger charge is 2.39. The van der Waals surface area contributed by atoms with E-state index in [1.165, 1.54) is 0 Å². The Bertz CT molecular complexity index is 599. The first-order chi connectivity index (χ1) is 12.1. The van der Waals surface area contributed by atoms with Gasteiger partial charge in [-0.15, -0.1) is 0 Å². The quantitative estimate of drug-likeness (QED) is 0.538. The molecule has 138 valence electrons. The number of hydrogen-bond acceptors (Lipinski definition) is 5. The molecule has 2 saturated heterocycles. The van der Waals surface area contributed by atoms with Crippen LogP contribution in [-0.2, 0) is 9.47 Å². The van der Waals surface area contributed by atoms with Crippen molar-refractivity contribution in [3.05, 3.63) is 27.5 Å². The Balaban J connectivity index is 1.79. The monoisotopic (exact) mass is 431 g/mol. The van der Waals surface area contributed by atoms with Crippen LogP contribution in [0.4, 0.5) is 4.79 Å². The summed E-state index contributed by atoms with van der Waals surface area (Å²) in [5.74, 6) is 0. The number of nitrogens with zero attached hydrogens (tertiary/aromatic N) is 3. The fourth-order valence-electron chi connectivity index (χ4n) is 3.39. The van der Waals surface area contributed by atoms with Crippen LogP contribution in [-0.4, -0.2) is 66.4 Å². The molecule has 1 amide bonds. The van der Waals surface area contributed by atoms with Gasteiger partial charge in [-0.1, -0.05) is 24.9 Å². The molecule has 0 radical (unpaired) electrons. The first-order valence-corrected chi connectivity index (χ1v) is 9.83. The van der Waals surface area contributed by atoms with Crippen LogP contribution in [0.3, 0.4) is 0 Å². The zero-order valence-electron chi connectivity index (χ0n) is 14.3. The summed E-state index contributed by atoms with van der Waals surface area (Å²) < 4.78 is 11.7. The van der Waals surface area contributed by atoms with Crippen molar-refractivity contribution in [1.82, 2.24) is 14.8 Å². The lowest BCUT2D eigenvalue weighted by Gasteiger charge is -2.48. The number of aromatic nitrogens is 1. The van der Waals surface area contributed by atoms with E-state index in [0.29, 0.717) is 42.7 Å². The number of hydrogen-bond donors (Lipinski definition) is 0. The molecule has 25 heavy (non-hydrogen) atoms. The SMILES string of the molecule is CCCCOC(=O)N1CC2COCCN2C(c2cc(Cl)nc(Br)c2)C1. The van der Waals surface area contributed by atoms with Crippen molar-refractivity contribution in [3.63, 3.8) is 0 Å². The Hall–Kier alpha value is -0.890. The lowest BCUT2D eigenvalue weighted by Crippen LogP contribution is -2.60. The van der Waals surface area contributed by atoms with Gasteiger partial charge in [-0.05, 0) is 40.0 Å². The summed E-state index contributed by atoms with van der Waals surface area (Å²) in [5, 5.41) is 0.442. The molecule has 0 spiro atoms. The minimum absolute atomic E-state index is 0.0539. The number of piperazine rings is 1. The number of amides is 1. The van der Waals surface area contributed by atoms with Crippen LogP contribution >= 0.6 is 27.5 Å². The maximum atomic E-state index is 12.5. The van der Waals surface area contributed by atoms with Crippen LogP contribution in [0.1, 0.15) is 31.4 Å². The zero-order chi connectivity index (χ0) is 17.8. The summed E-state index contributed by atoms with van der Waals surface area (Å²) in [5.41, 5.74) is 1.05. The smallest absolute Gasteiger partial charge is 0.409 e. The van der Waals surface area contributed by atoms with Crippen molar-refractivity contribution in [1.29, 1.82) is 0 Å². The fourth-order valence-corrected chi connectivity index (χ4v) is 4.17. The Morgan fingerprint density at radius 1 is 1.48 bits per heavy atom. The molecular weight excluding hydrogens is 410 g/mol. The molecule has 1 aromatic rings. The van der Waals surface area contributed by atoms with Crippen molar-refractivity contribution in [2.45, 2.75) is 31.8 Å². The number of unbranched alkanes of at least 4 members (excludes halogenated alkanes) is 1. The van der Waals surface area contributed by atoms with E-state index in [4.69, 9.17) is 21.1 Å². The second-order valence-corrected chi connectivity index (χ2v) is 7.60. The minimum atomic E-state index is -0.247. The van der Waals surface area contributed by atoms with E-state index in [-0.39, 0.29) is 18.2 Å². The van der Waals surface area contributed by atoms with E-state index < -0.39 is 0 Å². The van der Waals surface area contributed by atoms with Crippen LogP contribution in [0.25, 0.3) is 0 Å². The Labute approximate surface area is 161 Å². The maximum Gasteiger partial charge on any atom is 0.409 e. The van der Waals surface area contributed by atoms with Gasteiger partial charge in [-0.3, -0.25) is 4.90 Å². The lowest BCUT2D eigenvalue weighted by molar-refractivity contribution is -0.0704. The summed E-state index contributed by atoms with van der Waals surface area (Å²) in [6, 6.07) is 4.06. The second-order valence-electron chi connectivity index (χ2n) is 6.40. The van der Waals surface area contributed by atoms with Gasteiger partial charge < -0.3 is 14.4 Å². The van der Waals surface area contributed by atoms with Crippen molar-refractivity contribution in [3.8, 4) is 0 Å². The van der Waals surface area contributed by atoms with Gasteiger partial charge in [0.25, 0.3) is 0 Å². The standard InChI is InChI=1S/C17H23BrClN3O3/c1-2-3-5-25-17(23)21-9-13-11-24-6-4-22(13)14(10-21)12-7-15(18)20-16(19)8-12/h7-8,13-14H,2-6,9-11H2,1H3. The summed E-state index contributed by atoms with van der Waals surface area (Å²) >= 11 is 9.55. The number of rotatable bonds is 4. The number of fused-ring (bicyclic) bond motifs is 1. The van der Waals surface area contributed by atoms with Gasteiger partial charge in [0, 0.05) is 19.6 Å². The molecule has 2 aliphatic heterocycles. The van der Waals surface area contributed by atoms with Gasteiger partial charge in [0.2, 0.25) is 0 Å². The first-order valence-electron chi connectivity index (χ1n) is 8.66. The number of pyridine rings is 1. The predicted molar refractivity (Wildman–Crippen MR) is 98.8 cm³/mol. The van der Waals surface area contributed by atoms with Gasteiger partial charge in [-0.25, -0.2) is 9.78 Å². The average Bonchev–Trinajstić information content (AvgIpc) is 2.60. The highest BCUT2D eigenvalue weighted by atomic mass is 79.9. The molecule has 2 atom stereocenters. The largest absolute Gasteiger partial charge is 0.449 e. The van der Waals surface area contributed by atoms with Crippen LogP contribution in [0.15, 0.2) is 16.7 Å². The minimum Gasteiger partial charge on any atom is -0.449 e. The zero-order valence-corrected chi connectivity index (χ0v) is 16.6. The van der Waals surface area contributed by atoms with Gasteiger partial charge in [0.05, 0.1) is 31.9 Å². The van der Waals surface area contributed by atoms with Crippen molar-refractivity contribution < 1.29 is 14.3 Å². The summed E-state index contributed by atoms with van der Waals surface area (Å²) in [7, 11) is 0. The molecule has 0 saturated carbocycles. The van der Waals surface area contributed by atoms with E-state index in [1.54, 1.807) is 4.90 Å². The van der Waals surface area contributed by atoms with Crippen LogP contribution < -0.4 is 0 Å². The fraction of sp³-hybridized carbons (Fsp3) is 0.647. The molecule has 8 heteroatoms. The molecule has 0 aliphatic carbocycles. The van der Waals surface area contributed by atoms with Crippen molar-refractivity contribution in [2.75, 3.05) is 39.5 Å². The van der Waals surface area contributed by atoms with Crippen molar-refractivity contribution in [2.24, 2.45) is 0 Å². The summed E-state index contributed by atoms with van der Waals surface area (Å²) in [6.45, 7) is 5.91. The third kappa shape index (κ3) is 4.64. The summed E-state index contributed by atoms with van der Waals surface area (Å²) in [4.78, 5) is 20.8. The molecule has 6 nitrogen and oxygen atoms in total. The molecule has 1 aromatic heterocycles. The molecule has 2 aliphatic rings. The van der Waals surface area contributed by atoms with E-state index in [1.807, 2.05) is 12.1 Å². The Kier molecular flexibility index (Phi) is 6.55. The van der Waals surface area contributed by atoms with Crippen LogP contribution in [0, 0.1) is 0 Å². The third-order valence-corrected chi connectivity index (χ3v) is 5.25. The third-order valence-electron chi connectivity index (χ3n) is 4.65. The first kappa shape index (κ1) is 18.9. The van der Waals surface area contributed by atoms with Gasteiger partial charge in [-0.2, -0.15) is 0 Å². The van der Waals surface area contributed by atoms with Gasteiger partial charge in [0.15, 0.2) is 0 Å². The van der Waals surface area contributed by atoms with Crippen LogP contribution in [0.2, 0.25) is 5.15 Å². The van der Waals surface area contributed by atoms with E-state index >= 15 is 0 Å². The Morgan fingerprint density at radius 3 is 3.08 bits per heavy atom. The molecule has 3 rings (SSSR count). The normalized spacial score (nSPS) is 24.0. The number of carbonyl (C=O) groups is 1. The number of halogens is 2. The maximum absolute atomic E-state index is 12.5. The number of morpholine rings is 1. The highest BCUT2D eigenvalue weighted by Crippen LogP contribution is 2.32.